The molecule has 30 heavy (non-hydrogen) atoms. The van der Waals surface area contributed by atoms with Gasteiger partial charge in [0.2, 0.25) is 0 Å². The van der Waals surface area contributed by atoms with Gasteiger partial charge in [-0.3, -0.25) is 0 Å². The molecule has 0 unspecified atom stereocenters. The van der Waals surface area contributed by atoms with E-state index in [0.29, 0.717) is 16.4 Å². The Labute approximate surface area is 187 Å². The molecule has 3 aliphatic carbocycles. The topological polar surface area (TPSA) is 0 Å². The van der Waals surface area contributed by atoms with Crippen LogP contribution in [-0.2, 0) is 21.7 Å². The fraction of sp³-hybridized carbons (Fsp3) is 0.586. The van der Waals surface area contributed by atoms with Crippen molar-refractivity contribution in [1.29, 1.82) is 0 Å². The molecule has 160 valence electrons. The van der Waals surface area contributed by atoms with Crippen LogP contribution in [0.25, 0.3) is 11.1 Å². The lowest BCUT2D eigenvalue weighted by molar-refractivity contribution is 0.331. The summed E-state index contributed by atoms with van der Waals surface area (Å²) in [5.74, 6) is 0. The Bertz CT molecular complexity index is 979. The molecule has 0 bridgehead atoms. The van der Waals surface area contributed by atoms with E-state index in [9.17, 15) is 0 Å². The molecule has 2 aromatic carbocycles. The van der Waals surface area contributed by atoms with E-state index >= 15 is 0 Å². The van der Waals surface area contributed by atoms with Gasteiger partial charge in [0.1, 0.15) is 0 Å². The fourth-order valence-corrected chi connectivity index (χ4v) is 7.57. The van der Waals surface area contributed by atoms with E-state index < -0.39 is 0 Å². The predicted octanol–water partition coefficient (Wildman–Crippen LogP) is 6.82. The zero-order chi connectivity index (χ0) is 21.9. The zero-order valence-corrected chi connectivity index (χ0v) is 22.7. The summed E-state index contributed by atoms with van der Waals surface area (Å²) >= 11 is 0. The fourth-order valence-electron chi connectivity index (χ4n) is 6.61. The summed E-state index contributed by atoms with van der Waals surface area (Å²) in [5.41, 5.74) is 14.6. The summed E-state index contributed by atoms with van der Waals surface area (Å²) in [6.07, 6.45) is 5.16. The molecular formula is C29H40Si. The minimum atomic E-state index is 0.277. The molecule has 3 aliphatic rings. The van der Waals surface area contributed by atoms with Crippen molar-refractivity contribution in [3.8, 4) is 11.1 Å². The molecule has 2 aromatic rings. The van der Waals surface area contributed by atoms with Gasteiger partial charge in [0.25, 0.3) is 0 Å². The van der Waals surface area contributed by atoms with Crippen molar-refractivity contribution in [2.24, 2.45) is 0 Å². The zero-order valence-electron chi connectivity index (χ0n) is 20.7. The van der Waals surface area contributed by atoms with E-state index in [1.165, 1.54) is 35.9 Å². The monoisotopic (exact) mass is 416 g/mol. The lowest BCUT2D eigenvalue weighted by atomic mass is 9.62. The van der Waals surface area contributed by atoms with Gasteiger partial charge in [-0.1, -0.05) is 79.7 Å². The van der Waals surface area contributed by atoms with Crippen LogP contribution in [0.15, 0.2) is 24.3 Å². The first kappa shape index (κ1) is 20.6. The Hall–Kier alpha value is -1.34. The van der Waals surface area contributed by atoms with Crippen LogP contribution in [-0.4, -0.2) is 10.2 Å². The third kappa shape index (κ3) is 2.70. The number of hydrogen-bond donors (Lipinski definition) is 0. The summed E-state index contributed by atoms with van der Waals surface area (Å²) < 4.78 is 0. The lowest BCUT2D eigenvalue weighted by Gasteiger charge is -2.42. The number of benzene rings is 2. The summed E-state index contributed by atoms with van der Waals surface area (Å²) in [5, 5.41) is 0. The SMILES string of the molecule is CC1(C)CCC(C)(C)c2cc3c(cc21)-c1cc2c(cc1C3[SiH3])C(C)(C)CCC2(C)C. The molecule has 0 saturated carbocycles. The van der Waals surface area contributed by atoms with Crippen molar-refractivity contribution in [1.82, 2.24) is 0 Å². The van der Waals surface area contributed by atoms with E-state index in [0.717, 1.165) is 0 Å². The molecular weight excluding hydrogens is 376 g/mol. The summed E-state index contributed by atoms with van der Waals surface area (Å²) in [6.45, 7) is 19.7. The first-order valence-electron chi connectivity index (χ1n) is 12.1. The highest BCUT2D eigenvalue weighted by Gasteiger charge is 2.42. The third-order valence-corrected chi connectivity index (χ3v) is 10.5. The predicted molar refractivity (Wildman–Crippen MR) is 134 cm³/mol. The van der Waals surface area contributed by atoms with Crippen LogP contribution >= 0.6 is 0 Å². The maximum absolute atomic E-state index is 2.64. The maximum atomic E-state index is 2.64. The molecule has 5 rings (SSSR count). The van der Waals surface area contributed by atoms with Crippen LogP contribution in [0.2, 0.25) is 0 Å². The smallest absolute Gasteiger partial charge is 0.0179 e. The molecule has 0 atom stereocenters. The normalized spacial score (nSPS) is 24.7. The Kier molecular flexibility index (Phi) is 4.05. The maximum Gasteiger partial charge on any atom is 0.0179 e. The molecule has 0 aromatic heterocycles. The van der Waals surface area contributed by atoms with Gasteiger partial charge in [-0.25, -0.2) is 0 Å². The molecule has 0 heterocycles. The van der Waals surface area contributed by atoms with Crippen LogP contribution in [0.5, 0.6) is 0 Å². The summed E-state index contributed by atoms with van der Waals surface area (Å²) in [7, 11) is 1.19. The highest BCUT2D eigenvalue weighted by molar-refractivity contribution is 6.17. The molecule has 0 amide bonds. The van der Waals surface area contributed by atoms with Crippen molar-refractivity contribution in [3.05, 3.63) is 57.6 Å². The summed E-state index contributed by atoms with van der Waals surface area (Å²) in [6, 6.07) is 10.5. The Morgan fingerprint density at radius 1 is 0.533 bits per heavy atom. The van der Waals surface area contributed by atoms with Crippen LogP contribution in [0, 0.1) is 0 Å². The van der Waals surface area contributed by atoms with Gasteiger partial charge in [0.15, 0.2) is 0 Å². The van der Waals surface area contributed by atoms with Gasteiger partial charge < -0.3 is 0 Å². The minimum Gasteiger partial charge on any atom is -0.0558 e. The molecule has 0 radical (unpaired) electrons. The van der Waals surface area contributed by atoms with E-state index in [-0.39, 0.29) is 10.8 Å². The molecule has 0 spiro atoms. The Balaban J connectivity index is 1.78. The van der Waals surface area contributed by atoms with Crippen LogP contribution < -0.4 is 0 Å². The number of fused-ring (bicyclic) bond motifs is 5. The quantitative estimate of drug-likeness (QED) is 0.413. The number of rotatable bonds is 0. The van der Waals surface area contributed by atoms with Gasteiger partial charge in [-0.05, 0) is 97.4 Å². The third-order valence-electron chi connectivity index (χ3n) is 9.27. The summed E-state index contributed by atoms with van der Waals surface area (Å²) in [4.78, 5) is 0. The largest absolute Gasteiger partial charge is 0.0558 e. The molecule has 0 N–H and O–H groups in total. The highest BCUT2D eigenvalue weighted by Crippen LogP contribution is 2.55. The van der Waals surface area contributed by atoms with Gasteiger partial charge in [0, 0.05) is 10.2 Å². The highest BCUT2D eigenvalue weighted by atomic mass is 28.1. The first-order valence-corrected chi connectivity index (χ1v) is 13.3. The van der Waals surface area contributed by atoms with Gasteiger partial charge in [0.05, 0.1) is 0 Å². The minimum absolute atomic E-state index is 0.277. The second kappa shape index (κ2) is 5.91. The van der Waals surface area contributed by atoms with Gasteiger partial charge in [-0.15, -0.1) is 0 Å². The average Bonchev–Trinajstić information content (AvgIpc) is 2.93. The van der Waals surface area contributed by atoms with Crippen LogP contribution in [0.4, 0.5) is 0 Å². The standard InChI is InChI=1S/C29H40Si/c1-26(2)9-11-28(5,6)23-15-19-17(13-21(23)26)18-14-22-24(16-20(18)25(19)30)29(7,8)12-10-27(22,3)4/h13-16,25H,9-12H2,1-8,30H3. The van der Waals surface area contributed by atoms with E-state index in [1.807, 2.05) is 0 Å². The molecule has 1 heteroatoms. The van der Waals surface area contributed by atoms with Gasteiger partial charge >= 0.3 is 0 Å². The molecule has 0 fully saturated rings. The van der Waals surface area contributed by atoms with Crippen molar-refractivity contribution < 1.29 is 0 Å². The average molecular weight is 417 g/mol. The first-order chi connectivity index (χ1) is 13.7. The van der Waals surface area contributed by atoms with Gasteiger partial charge in [-0.2, -0.15) is 0 Å². The second-order valence-electron chi connectivity index (χ2n) is 13.2. The van der Waals surface area contributed by atoms with Crippen molar-refractivity contribution >= 4 is 10.2 Å². The van der Waals surface area contributed by atoms with E-state index in [2.05, 4.69) is 79.7 Å². The van der Waals surface area contributed by atoms with E-state index in [4.69, 9.17) is 0 Å². The number of hydrogen-bond acceptors (Lipinski definition) is 0. The van der Waals surface area contributed by atoms with Crippen LogP contribution in [0.1, 0.15) is 120 Å². The van der Waals surface area contributed by atoms with Crippen LogP contribution in [0.3, 0.4) is 0 Å². The lowest BCUT2D eigenvalue weighted by Crippen LogP contribution is -2.34. The van der Waals surface area contributed by atoms with Crippen molar-refractivity contribution in [2.45, 2.75) is 108 Å². The Morgan fingerprint density at radius 3 is 1.10 bits per heavy atom. The molecule has 0 saturated heterocycles. The Morgan fingerprint density at radius 2 is 0.800 bits per heavy atom. The van der Waals surface area contributed by atoms with E-state index in [1.54, 1.807) is 44.5 Å². The molecule has 0 nitrogen and oxygen atoms in total. The molecule has 0 aliphatic heterocycles. The van der Waals surface area contributed by atoms with Crippen molar-refractivity contribution in [3.63, 3.8) is 0 Å². The van der Waals surface area contributed by atoms with Crippen molar-refractivity contribution in [2.75, 3.05) is 0 Å². The second-order valence-corrected chi connectivity index (χ2v) is 14.4.